The molecule has 3 aromatic heterocycles. The highest BCUT2D eigenvalue weighted by molar-refractivity contribution is 7.80. The predicted octanol–water partition coefficient (Wildman–Crippen LogP) is 5.37. The number of aromatic nitrogens is 3. The van der Waals surface area contributed by atoms with Gasteiger partial charge in [-0.3, -0.25) is 4.98 Å². The maximum Gasteiger partial charge on any atom is 0.174 e. The first-order valence-electron chi connectivity index (χ1n) is 10.7. The lowest BCUT2D eigenvalue weighted by atomic mass is 10.00. The molecule has 0 radical (unpaired) electrons. The molecular weight excluding hydrogens is 414 g/mol. The van der Waals surface area contributed by atoms with E-state index in [9.17, 15) is 0 Å². The first-order valence-corrected chi connectivity index (χ1v) is 11.1. The SMILES string of the molecule is Cc1ccc(-n2cccc2[C@@H]2[C@@H](c3ccccn3)NC(=S)N2c2cc(C)cc(C)c2)nc1. The number of nitrogens with one attached hydrogen (secondary N) is 1. The number of hydrogen-bond donors (Lipinski definition) is 1. The zero-order valence-corrected chi connectivity index (χ0v) is 19.2. The fraction of sp³-hybridized carbons (Fsp3) is 0.192. The van der Waals surface area contributed by atoms with Crippen LogP contribution in [0.15, 0.2) is 79.3 Å². The Balaban J connectivity index is 1.68. The number of pyridine rings is 2. The van der Waals surface area contributed by atoms with Gasteiger partial charge >= 0.3 is 0 Å². The number of anilines is 1. The fourth-order valence-corrected chi connectivity index (χ4v) is 4.82. The second-order valence-corrected chi connectivity index (χ2v) is 8.73. The molecule has 5 rings (SSSR count). The lowest BCUT2D eigenvalue weighted by Crippen LogP contribution is -2.30. The van der Waals surface area contributed by atoms with Crippen molar-refractivity contribution in [1.82, 2.24) is 19.9 Å². The van der Waals surface area contributed by atoms with Gasteiger partial charge in [0.1, 0.15) is 11.9 Å². The van der Waals surface area contributed by atoms with Crippen molar-refractivity contribution < 1.29 is 0 Å². The number of hydrogen-bond acceptors (Lipinski definition) is 3. The Hall–Kier alpha value is -3.51. The van der Waals surface area contributed by atoms with E-state index in [0.717, 1.165) is 28.5 Å². The van der Waals surface area contributed by atoms with Crippen molar-refractivity contribution >= 4 is 23.0 Å². The van der Waals surface area contributed by atoms with Crippen molar-refractivity contribution in [3.05, 3.63) is 107 Å². The predicted molar refractivity (Wildman–Crippen MR) is 132 cm³/mol. The first-order chi connectivity index (χ1) is 15.5. The number of benzene rings is 1. The van der Waals surface area contributed by atoms with E-state index in [1.54, 1.807) is 0 Å². The molecule has 4 heterocycles. The van der Waals surface area contributed by atoms with E-state index in [4.69, 9.17) is 12.2 Å². The monoisotopic (exact) mass is 439 g/mol. The number of thiocarbonyl (C=S) groups is 1. The largest absolute Gasteiger partial charge is 0.351 e. The molecule has 0 aliphatic carbocycles. The van der Waals surface area contributed by atoms with Crippen LogP contribution in [0.2, 0.25) is 0 Å². The maximum absolute atomic E-state index is 5.88. The van der Waals surface area contributed by atoms with Crippen molar-refractivity contribution in [3.63, 3.8) is 0 Å². The summed E-state index contributed by atoms with van der Waals surface area (Å²) in [4.78, 5) is 11.5. The van der Waals surface area contributed by atoms with Crippen LogP contribution in [0.25, 0.3) is 5.82 Å². The smallest absolute Gasteiger partial charge is 0.174 e. The minimum absolute atomic E-state index is 0.0864. The average molecular weight is 440 g/mol. The molecule has 160 valence electrons. The van der Waals surface area contributed by atoms with Gasteiger partial charge in [-0.1, -0.05) is 18.2 Å². The summed E-state index contributed by atoms with van der Waals surface area (Å²) in [5, 5.41) is 4.24. The van der Waals surface area contributed by atoms with Gasteiger partial charge in [0.15, 0.2) is 5.11 Å². The molecule has 1 aliphatic heterocycles. The van der Waals surface area contributed by atoms with Gasteiger partial charge in [0.2, 0.25) is 0 Å². The Labute approximate surface area is 193 Å². The van der Waals surface area contributed by atoms with Crippen LogP contribution in [0, 0.1) is 20.8 Å². The molecular formula is C26H25N5S. The quantitative estimate of drug-likeness (QED) is 0.433. The summed E-state index contributed by atoms with van der Waals surface area (Å²) >= 11 is 5.88. The van der Waals surface area contributed by atoms with Crippen LogP contribution in [0.5, 0.6) is 0 Å². The van der Waals surface area contributed by atoms with E-state index < -0.39 is 0 Å². The van der Waals surface area contributed by atoms with Gasteiger partial charge in [-0.15, -0.1) is 0 Å². The number of nitrogens with zero attached hydrogens (tertiary/aromatic N) is 4. The van der Waals surface area contributed by atoms with Gasteiger partial charge in [-0.2, -0.15) is 0 Å². The lowest BCUT2D eigenvalue weighted by molar-refractivity contribution is 0.548. The maximum atomic E-state index is 5.88. The molecule has 0 saturated carbocycles. The van der Waals surface area contributed by atoms with E-state index >= 15 is 0 Å². The molecule has 2 atom stereocenters. The summed E-state index contributed by atoms with van der Waals surface area (Å²) in [6, 6.07) is 20.7. The van der Waals surface area contributed by atoms with Crippen LogP contribution >= 0.6 is 12.2 Å². The second-order valence-electron chi connectivity index (χ2n) is 8.34. The molecule has 0 unspecified atom stereocenters. The fourth-order valence-electron chi connectivity index (χ4n) is 4.47. The van der Waals surface area contributed by atoms with Crippen LogP contribution in [-0.4, -0.2) is 19.6 Å². The highest BCUT2D eigenvalue weighted by Gasteiger charge is 2.42. The van der Waals surface area contributed by atoms with Gasteiger partial charge in [0.25, 0.3) is 0 Å². The van der Waals surface area contributed by atoms with Crippen molar-refractivity contribution in [2.75, 3.05) is 4.90 Å². The van der Waals surface area contributed by atoms with Gasteiger partial charge in [-0.25, -0.2) is 4.98 Å². The van der Waals surface area contributed by atoms with Gasteiger partial charge in [-0.05, 0) is 92.1 Å². The molecule has 1 saturated heterocycles. The van der Waals surface area contributed by atoms with Crippen LogP contribution < -0.4 is 10.2 Å². The molecule has 0 amide bonds. The van der Waals surface area contributed by atoms with Gasteiger partial charge in [0, 0.05) is 30.0 Å². The molecule has 5 nitrogen and oxygen atoms in total. The third-order valence-corrected chi connectivity index (χ3v) is 6.12. The summed E-state index contributed by atoms with van der Waals surface area (Å²) in [7, 11) is 0. The topological polar surface area (TPSA) is 46.0 Å². The molecule has 1 N–H and O–H groups in total. The molecule has 0 bridgehead atoms. The van der Waals surface area contributed by atoms with Crippen molar-refractivity contribution in [2.45, 2.75) is 32.9 Å². The molecule has 0 spiro atoms. The minimum Gasteiger partial charge on any atom is -0.351 e. The van der Waals surface area contributed by atoms with E-state index in [-0.39, 0.29) is 12.1 Å². The van der Waals surface area contributed by atoms with Gasteiger partial charge in [0.05, 0.1) is 11.7 Å². The van der Waals surface area contributed by atoms with Crippen LogP contribution in [-0.2, 0) is 0 Å². The molecule has 1 aromatic carbocycles. The zero-order valence-electron chi connectivity index (χ0n) is 18.4. The lowest BCUT2D eigenvalue weighted by Gasteiger charge is -2.29. The normalized spacial score (nSPS) is 18.1. The third kappa shape index (κ3) is 3.67. The summed E-state index contributed by atoms with van der Waals surface area (Å²) in [6.07, 6.45) is 5.79. The molecule has 1 aliphatic rings. The van der Waals surface area contributed by atoms with E-state index in [1.165, 1.54) is 11.1 Å². The summed E-state index contributed by atoms with van der Waals surface area (Å²) in [5.41, 5.74) is 6.68. The molecule has 1 fully saturated rings. The molecule has 4 aromatic rings. The Kier molecular flexibility index (Phi) is 5.23. The number of rotatable bonds is 4. The Bertz CT molecular complexity index is 1240. The van der Waals surface area contributed by atoms with Crippen LogP contribution in [0.3, 0.4) is 0 Å². The highest BCUT2D eigenvalue weighted by atomic mass is 32.1. The van der Waals surface area contributed by atoms with Crippen LogP contribution in [0.1, 0.15) is 40.2 Å². The Morgan fingerprint density at radius 2 is 1.69 bits per heavy atom. The standard InChI is InChI=1S/C26H25N5S/c1-17-9-10-23(28-16-17)30-12-6-8-22(30)25-24(21-7-4-5-11-27-21)29-26(32)31(25)20-14-18(2)13-19(3)15-20/h4-16,24-25H,1-3H3,(H,29,32)/t24-,25-/m1/s1. The summed E-state index contributed by atoms with van der Waals surface area (Å²) in [6.45, 7) is 6.28. The van der Waals surface area contributed by atoms with E-state index in [0.29, 0.717) is 5.11 Å². The minimum atomic E-state index is -0.0939. The van der Waals surface area contributed by atoms with Crippen molar-refractivity contribution in [2.24, 2.45) is 0 Å². The number of aryl methyl sites for hydroxylation is 3. The van der Waals surface area contributed by atoms with E-state index in [1.807, 2.05) is 31.5 Å². The average Bonchev–Trinajstić information content (AvgIpc) is 3.38. The molecule has 6 heteroatoms. The van der Waals surface area contributed by atoms with Crippen molar-refractivity contribution in [3.8, 4) is 5.82 Å². The Morgan fingerprint density at radius 1 is 0.875 bits per heavy atom. The zero-order chi connectivity index (χ0) is 22.2. The second kappa shape index (κ2) is 8.20. The van der Waals surface area contributed by atoms with Crippen LogP contribution in [0.4, 0.5) is 5.69 Å². The Morgan fingerprint density at radius 3 is 2.38 bits per heavy atom. The highest BCUT2D eigenvalue weighted by Crippen LogP contribution is 2.42. The van der Waals surface area contributed by atoms with E-state index in [2.05, 4.69) is 93.3 Å². The summed E-state index contributed by atoms with van der Waals surface area (Å²) < 4.78 is 2.14. The van der Waals surface area contributed by atoms with Gasteiger partial charge < -0.3 is 14.8 Å². The summed E-state index contributed by atoms with van der Waals surface area (Å²) in [5.74, 6) is 0.883. The van der Waals surface area contributed by atoms with Crippen molar-refractivity contribution in [1.29, 1.82) is 0 Å². The molecule has 32 heavy (non-hydrogen) atoms. The first kappa shape index (κ1) is 20.4. The third-order valence-electron chi connectivity index (χ3n) is 5.81.